The number of rotatable bonds is 9. The van der Waals surface area contributed by atoms with Gasteiger partial charge in [0.1, 0.15) is 12.3 Å². The summed E-state index contributed by atoms with van der Waals surface area (Å²) in [6.45, 7) is 1.89. The van der Waals surface area contributed by atoms with Crippen molar-refractivity contribution in [3.05, 3.63) is 48.0 Å². The minimum atomic E-state index is -3.69. The van der Waals surface area contributed by atoms with Crippen LogP contribution < -0.4 is 19.2 Å². The minimum absolute atomic E-state index is 0.0205. The van der Waals surface area contributed by atoms with Gasteiger partial charge in [-0.1, -0.05) is 0 Å². The van der Waals surface area contributed by atoms with E-state index in [1.165, 1.54) is 25.5 Å². The van der Waals surface area contributed by atoms with Crippen molar-refractivity contribution < 1.29 is 27.8 Å². The molecule has 9 nitrogen and oxygen atoms in total. The molecule has 0 saturated heterocycles. The highest BCUT2D eigenvalue weighted by Gasteiger charge is 2.20. The Balaban J connectivity index is 2.07. The highest BCUT2D eigenvalue weighted by atomic mass is 32.2. The van der Waals surface area contributed by atoms with Crippen LogP contribution in [0.4, 0.5) is 5.69 Å². The molecule has 0 unspecified atom stereocenters. The fourth-order valence-corrected chi connectivity index (χ4v) is 3.25. The largest absolute Gasteiger partial charge is 0.504 e. The summed E-state index contributed by atoms with van der Waals surface area (Å²) >= 11 is 0. The Morgan fingerprint density at radius 3 is 2.52 bits per heavy atom. The van der Waals surface area contributed by atoms with Gasteiger partial charge in [0.15, 0.2) is 11.5 Å². The zero-order valence-corrected chi connectivity index (χ0v) is 17.1. The third kappa shape index (κ3) is 6.39. The number of sulfonamides is 1. The number of nitrogens with one attached hydrogen (secondary N) is 1. The molecule has 29 heavy (non-hydrogen) atoms. The summed E-state index contributed by atoms with van der Waals surface area (Å²) in [6.07, 6.45) is 2.37. The van der Waals surface area contributed by atoms with Crippen molar-refractivity contribution in [1.29, 1.82) is 0 Å². The summed E-state index contributed by atoms with van der Waals surface area (Å²) in [6, 6.07) is 10.9. The number of nitrogens with zero attached hydrogens (tertiary/aromatic N) is 2. The number of benzene rings is 2. The van der Waals surface area contributed by atoms with Crippen LogP contribution in [0.15, 0.2) is 47.6 Å². The van der Waals surface area contributed by atoms with Crippen molar-refractivity contribution >= 4 is 27.8 Å². The number of hydrazone groups is 1. The van der Waals surface area contributed by atoms with Crippen LogP contribution in [0.5, 0.6) is 17.2 Å². The van der Waals surface area contributed by atoms with E-state index < -0.39 is 22.5 Å². The first-order valence-corrected chi connectivity index (χ1v) is 10.5. The van der Waals surface area contributed by atoms with Gasteiger partial charge in [0.05, 0.1) is 31.9 Å². The quantitative estimate of drug-likeness (QED) is 0.470. The van der Waals surface area contributed by atoms with E-state index in [0.29, 0.717) is 23.6 Å². The van der Waals surface area contributed by atoms with Crippen LogP contribution in [0, 0.1) is 0 Å². The zero-order valence-electron chi connectivity index (χ0n) is 16.3. The van der Waals surface area contributed by atoms with E-state index in [0.717, 1.165) is 10.6 Å². The highest BCUT2D eigenvalue weighted by molar-refractivity contribution is 7.92. The summed E-state index contributed by atoms with van der Waals surface area (Å²) in [4.78, 5) is 12.2. The van der Waals surface area contributed by atoms with Gasteiger partial charge in [-0.2, -0.15) is 5.10 Å². The van der Waals surface area contributed by atoms with Crippen LogP contribution in [0.3, 0.4) is 0 Å². The molecule has 156 valence electrons. The topological polar surface area (TPSA) is 118 Å². The van der Waals surface area contributed by atoms with Crippen molar-refractivity contribution in [2.75, 3.05) is 30.8 Å². The van der Waals surface area contributed by atoms with Crippen molar-refractivity contribution in [3.63, 3.8) is 0 Å². The minimum Gasteiger partial charge on any atom is -0.504 e. The second kappa shape index (κ2) is 9.78. The summed E-state index contributed by atoms with van der Waals surface area (Å²) < 4.78 is 35.5. The number of amides is 1. The molecule has 0 aliphatic carbocycles. The fraction of sp³-hybridized carbons (Fsp3) is 0.263. The molecule has 0 radical (unpaired) electrons. The Morgan fingerprint density at radius 1 is 1.24 bits per heavy atom. The maximum absolute atomic E-state index is 12.2. The summed E-state index contributed by atoms with van der Waals surface area (Å²) in [5.41, 5.74) is 3.19. The molecule has 0 aromatic heterocycles. The van der Waals surface area contributed by atoms with Gasteiger partial charge in [-0.3, -0.25) is 9.10 Å². The van der Waals surface area contributed by atoms with E-state index in [1.807, 2.05) is 6.92 Å². The van der Waals surface area contributed by atoms with Gasteiger partial charge in [-0.05, 0) is 55.0 Å². The number of hydrogen-bond acceptors (Lipinski definition) is 7. The Labute approximate surface area is 169 Å². The molecule has 0 spiro atoms. The van der Waals surface area contributed by atoms with Gasteiger partial charge < -0.3 is 14.6 Å². The first kappa shape index (κ1) is 22.0. The van der Waals surface area contributed by atoms with E-state index in [2.05, 4.69) is 10.5 Å². The van der Waals surface area contributed by atoms with Crippen LogP contribution in [-0.4, -0.2) is 52.2 Å². The van der Waals surface area contributed by atoms with E-state index in [4.69, 9.17) is 9.47 Å². The van der Waals surface area contributed by atoms with Gasteiger partial charge in [-0.25, -0.2) is 13.8 Å². The summed E-state index contributed by atoms with van der Waals surface area (Å²) in [7, 11) is -2.28. The Morgan fingerprint density at radius 2 is 1.93 bits per heavy atom. The second-order valence-corrected chi connectivity index (χ2v) is 7.83. The van der Waals surface area contributed by atoms with Crippen molar-refractivity contribution in [3.8, 4) is 17.2 Å². The molecule has 0 saturated carbocycles. The van der Waals surface area contributed by atoms with Gasteiger partial charge in [0.25, 0.3) is 5.91 Å². The lowest BCUT2D eigenvalue weighted by Gasteiger charge is -2.21. The van der Waals surface area contributed by atoms with Gasteiger partial charge in [0.2, 0.25) is 10.0 Å². The number of ether oxygens (including phenoxy) is 2. The molecule has 0 heterocycles. The normalized spacial score (nSPS) is 11.3. The molecule has 2 rings (SSSR count). The molecule has 2 aromatic carbocycles. The summed E-state index contributed by atoms with van der Waals surface area (Å²) in [5, 5.41) is 13.4. The Bertz CT molecular complexity index is 974. The number of hydrogen-bond donors (Lipinski definition) is 2. The molecular formula is C19H23N3O6S. The van der Waals surface area contributed by atoms with Crippen LogP contribution in [0.25, 0.3) is 0 Å². The molecule has 0 atom stereocenters. The average molecular weight is 421 g/mol. The van der Waals surface area contributed by atoms with E-state index in [1.54, 1.807) is 30.3 Å². The molecule has 0 aliphatic heterocycles. The predicted molar refractivity (Wildman–Crippen MR) is 110 cm³/mol. The lowest BCUT2D eigenvalue weighted by molar-refractivity contribution is -0.119. The monoisotopic (exact) mass is 421 g/mol. The molecule has 2 aromatic rings. The number of methoxy groups -OCH3 is 1. The lowest BCUT2D eigenvalue weighted by Crippen LogP contribution is -2.39. The smallest absolute Gasteiger partial charge is 0.260 e. The molecule has 0 aliphatic rings. The number of carbonyl (C=O) groups is 1. The Hall–Kier alpha value is -3.27. The van der Waals surface area contributed by atoms with Crippen molar-refractivity contribution in [2.24, 2.45) is 5.10 Å². The molecule has 0 fully saturated rings. The second-order valence-electron chi connectivity index (χ2n) is 5.92. The number of aromatic hydroxyl groups is 1. The van der Waals surface area contributed by atoms with E-state index in [-0.39, 0.29) is 11.5 Å². The lowest BCUT2D eigenvalue weighted by atomic mass is 10.2. The molecule has 0 bridgehead atoms. The van der Waals surface area contributed by atoms with E-state index >= 15 is 0 Å². The highest BCUT2D eigenvalue weighted by Crippen LogP contribution is 2.25. The van der Waals surface area contributed by atoms with Crippen molar-refractivity contribution in [1.82, 2.24) is 5.43 Å². The maximum atomic E-state index is 12.2. The number of phenols is 1. The first-order valence-electron chi connectivity index (χ1n) is 8.64. The molecule has 2 N–H and O–H groups in total. The van der Waals surface area contributed by atoms with Gasteiger partial charge in [0, 0.05) is 0 Å². The van der Waals surface area contributed by atoms with Crippen LogP contribution in [0.2, 0.25) is 0 Å². The third-order valence-corrected chi connectivity index (χ3v) is 4.87. The number of phenolic OH excluding ortho intramolecular Hbond substituents is 1. The zero-order chi connectivity index (χ0) is 21.4. The number of carbonyl (C=O) groups excluding carboxylic acids is 1. The fourth-order valence-electron chi connectivity index (χ4n) is 2.39. The van der Waals surface area contributed by atoms with Gasteiger partial charge in [-0.15, -0.1) is 0 Å². The average Bonchev–Trinajstić information content (AvgIpc) is 2.67. The van der Waals surface area contributed by atoms with Crippen LogP contribution in [-0.2, 0) is 14.8 Å². The van der Waals surface area contributed by atoms with Crippen molar-refractivity contribution in [2.45, 2.75) is 6.92 Å². The van der Waals surface area contributed by atoms with Crippen LogP contribution >= 0.6 is 0 Å². The molecule has 1 amide bonds. The van der Waals surface area contributed by atoms with Gasteiger partial charge >= 0.3 is 0 Å². The molecule has 10 heteroatoms. The predicted octanol–water partition coefficient (Wildman–Crippen LogP) is 1.72. The summed E-state index contributed by atoms with van der Waals surface area (Å²) in [5.74, 6) is 0.223. The third-order valence-electron chi connectivity index (χ3n) is 3.73. The number of anilines is 1. The standard InChI is InChI=1S/C19H23N3O6S/c1-4-28-16-8-6-15(7-9-16)22(29(3,25)26)13-19(24)21-20-12-14-5-10-17(23)18(11-14)27-2/h5-12,23H,4,13H2,1-3H3,(H,21,24)/b20-12-. The molecular weight excluding hydrogens is 398 g/mol. The Kier molecular flexibility index (Phi) is 7.43. The first-order chi connectivity index (χ1) is 13.7. The van der Waals surface area contributed by atoms with E-state index in [9.17, 15) is 18.3 Å². The van der Waals surface area contributed by atoms with Crippen LogP contribution in [0.1, 0.15) is 12.5 Å². The maximum Gasteiger partial charge on any atom is 0.260 e. The SMILES string of the molecule is CCOc1ccc(N(CC(=O)N/N=C\c2ccc(O)c(OC)c2)S(C)(=O)=O)cc1.